The van der Waals surface area contributed by atoms with Gasteiger partial charge in [-0.15, -0.1) is 0 Å². The molecule has 3 rings (SSSR count). The van der Waals surface area contributed by atoms with Crippen molar-refractivity contribution in [2.24, 2.45) is 0 Å². The van der Waals surface area contributed by atoms with Crippen LogP contribution in [0.1, 0.15) is 55.7 Å². The summed E-state index contributed by atoms with van der Waals surface area (Å²) in [5, 5.41) is 3.97. The van der Waals surface area contributed by atoms with Gasteiger partial charge in [0.15, 0.2) is 0 Å². The van der Waals surface area contributed by atoms with Crippen molar-refractivity contribution in [2.75, 3.05) is 52.3 Å². The van der Waals surface area contributed by atoms with Crippen molar-refractivity contribution in [2.45, 2.75) is 70.4 Å². The van der Waals surface area contributed by atoms with Crippen LogP contribution in [0, 0.1) is 13.8 Å². The SMILES string of the molecule is CCCCN(C)Cc1ccc(N2CCC(NC(=O)CCN(C)S(=O)c3c(C)cc(OC)cc3C)CC2)c(Cl)c1. The average Bonchev–Trinajstić information content (AvgIpc) is 2.90. The summed E-state index contributed by atoms with van der Waals surface area (Å²) in [5.41, 5.74) is 4.13. The van der Waals surface area contributed by atoms with E-state index in [-0.39, 0.29) is 11.9 Å². The van der Waals surface area contributed by atoms with Gasteiger partial charge in [-0.05, 0) is 87.7 Å². The summed E-state index contributed by atoms with van der Waals surface area (Å²) in [4.78, 5) is 18.1. The third-order valence-corrected chi connectivity index (χ3v) is 9.38. The Hall–Kier alpha value is -2.13. The number of methoxy groups -OCH3 is 1. The summed E-state index contributed by atoms with van der Waals surface area (Å²) in [6.07, 6.45) is 4.44. The predicted molar refractivity (Wildman–Crippen MR) is 162 cm³/mol. The molecule has 1 amide bonds. The number of anilines is 1. The molecule has 2 aromatic rings. The lowest BCUT2D eigenvalue weighted by Crippen LogP contribution is -2.45. The highest BCUT2D eigenvalue weighted by Gasteiger charge is 2.23. The molecule has 0 aliphatic carbocycles. The second-order valence-corrected chi connectivity index (χ2v) is 12.6. The van der Waals surface area contributed by atoms with Gasteiger partial charge in [-0.25, -0.2) is 8.51 Å². The zero-order valence-corrected chi connectivity index (χ0v) is 26.0. The van der Waals surface area contributed by atoms with Gasteiger partial charge in [-0.1, -0.05) is 31.0 Å². The lowest BCUT2D eigenvalue weighted by molar-refractivity contribution is -0.122. The summed E-state index contributed by atoms with van der Waals surface area (Å²) in [6.45, 7) is 10.2. The van der Waals surface area contributed by atoms with Crippen LogP contribution in [0.4, 0.5) is 5.69 Å². The highest BCUT2D eigenvalue weighted by Crippen LogP contribution is 2.30. The molecule has 1 heterocycles. The van der Waals surface area contributed by atoms with Gasteiger partial charge in [0.1, 0.15) is 16.7 Å². The van der Waals surface area contributed by atoms with E-state index in [2.05, 4.69) is 47.3 Å². The van der Waals surface area contributed by atoms with Gasteiger partial charge in [-0.2, -0.15) is 0 Å². The molecule has 0 radical (unpaired) electrons. The maximum absolute atomic E-state index is 13.1. The van der Waals surface area contributed by atoms with E-state index in [0.29, 0.717) is 13.0 Å². The van der Waals surface area contributed by atoms with Gasteiger partial charge < -0.3 is 19.9 Å². The molecule has 1 fully saturated rings. The molecule has 1 unspecified atom stereocenters. The minimum atomic E-state index is -1.34. The van der Waals surface area contributed by atoms with E-state index in [0.717, 1.165) is 71.5 Å². The number of rotatable bonds is 13. The number of ether oxygens (including phenoxy) is 1. The molecule has 1 atom stereocenters. The molecule has 216 valence electrons. The quantitative estimate of drug-likeness (QED) is 0.349. The van der Waals surface area contributed by atoms with Gasteiger partial charge in [0, 0.05) is 45.7 Å². The Morgan fingerprint density at radius 1 is 1.13 bits per heavy atom. The van der Waals surface area contributed by atoms with Gasteiger partial charge in [-0.3, -0.25) is 4.79 Å². The third kappa shape index (κ3) is 8.93. The Kier molecular flexibility index (Phi) is 12.1. The Bertz CT molecular complexity index is 1110. The molecule has 1 aliphatic heterocycles. The summed E-state index contributed by atoms with van der Waals surface area (Å²) >= 11 is 6.68. The Morgan fingerprint density at radius 3 is 2.38 bits per heavy atom. The van der Waals surface area contributed by atoms with Crippen LogP contribution in [0.15, 0.2) is 35.2 Å². The maximum Gasteiger partial charge on any atom is 0.221 e. The molecule has 1 N–H and O–H groups in total. The number of nitrogens with one attached hydrogen (secondary N) is 1. The van der Waals surface area contributed by atoms with Crippen molar-refractivity contribution < 1.29 is 13.7 Å². The van der Waals surface area contributed by atoms with Crippen LogP contribution in [-0.2, 0) is 22.3 Å². The van der Waals surface area contributed by atoms with E-state index >= 15 is 0 Å². The van der Waals surface area contributed by atoms with E-state index in [4.69, 9.17) is 16.3 Å². The minimum Gasteiger partial charge on any atom is -0.497 e. The summed E-state index contributed by atoms with van der Waals surface area (Å²) in [6, 6.07) is 10.3. The van der Waals surface area contributed by atoms with Crippen LogP contribution in [0.25, 0.3) is 0 Å². The van der Waals surface area contributed by atoms with E-state index < -0.39 is 11.0 Å². The van der Waals surface area contributed by atoms with Crippen LogP contribution in [0.5, 0.6) is 5.75 Å². The monoisotopic (exact) mass is 576 g/mol. The van der Waals surface area contributed by atoms with E-state index in [1.165, 1.54) is 18.4 Å². The summed E-state index contributed by atoms with van der Waals surface area (Å²) in [5.74, 6) is 0.749. The van der Waals surface area contributed by atoms with E-state index in [1.54, 1.807) is 18.5 Å². The first-order valence-electron chi connectivity index (χ1n) is 13.9. The molecule has 0 saturated carbocycles. The van der Waals surface area contributed by atoms with Crippen LogP contribution >= 0.6 is 11.6 Å². The normalized spacial score (nSPS) is 15.2. The van der Waals surface area contributed by atoms with Crippen molar-refractivity contribution in [3.05, 3.63) is 52.0 Å². The first kappa shape index (κ1) is 31.4. The number of hydrogen-bond acceptors (Lipinski definition) is 5. The fraction of sp³-hybridized carbons (Fsp3) is 0.567. The molecule has 0 bridgehead atoms. The minimum absolute atomic E-state index is 0.00458. The fourth-order valence-corrected chi connectivity index (χ4v) is 6.65. The van der Waals surface area contributed by atoms with Crippen molar-refractivity contribution in [3.63, 3.8) is 0 Å². The van der Waals surface area contributed by atoms with Gasteiger partial charge >= 0.3 is 0 Å². The first-order chi connectivity index (χ1) is 18.6. The van der Waals surface area contributed by atoms with Gasteiger partial charge in [0.05, 0.1) is 22.7 Å². The number of carbonyl (C=O) groups excluding carboxylic acids is 1. The number of amides is 1. The fourth-order valence-electron chi connectivity index (χ4n) is 5.09. The zero-order valence-electron chi connectivity index (χ0n) is 24.4. The summed E-state index contributed by atoms with van der Waals surface area (Å²) in [7, 11) is 4.23. The molecular formula is C30H45ClN4O3S. The number of unbranched alkanes of at least 4 members (excludes halogenated alkanes) is 1. The third-order valence-electron chi connectivity index (χ3n) is 7.34. The Labute approximate surface area is 242 Å². The Morgan fingerprint density at radius 2 is 1.79 bits per heavy atom. The maximum atomic E-state index is 13.1. The summed E-state index contributed by atoms with van der Waals surface area (Å²) < 4.78 is 20.2. The predicted octanol–water partition coefficient (Wildman–Crippen LogP) is 5.33. The molecular weight excluding hydrogens is 532 g/mol. The molecule has 0 spiro atoms. The standard InChI is InChI=1S/C30H45ClN4O3S/c1-7-8-14-33(4)21-24-9-10-28(27(31)20-24)35-16-11-25(12-17-35)32-29(36)13-15-34(5)39(37)30-22(2)18-26(38-6)19-23(30)3/h9-10,18-20,25H,7-8,11-17,21H2,1-6H3,(H,32,36). The van der Waals surface area contributed by atoms with Crippen molar-refractivity contribution in [3.8, 4) is 5.75 Å². The average molecular weight is 577 g/mol. The smallest absolute Gasteiger partial charge is 0.221 e. The molecule has 1 aliphatic rings. The van der Waals surface area contributed by atoms with E-state index in [1.807, 2.05) is 26.0 Å². The number of aryl methyl sites for hydroxylation is 2. The van der Waals surface area contributed by atoms with Crippen molar-refractivity contribution in [1.82, 2.24) is 14.5 Å². The van der Waals surface area contributed by atoms with Crippen LogP contribution in [0.2, 0.25) is 5.02 Å². The first-order valence-corrected chi connectivity index (χ1v) is 15.4. The van der Waals surface area contributed by atoms with E-state index in [9.17, 15) is 9.00 Å². The zero-order chi connectivity index (χ0) is 28.5. The number of hydrogen-bond donors (Lipinski definition) is 1. The van der Waals surface area contributed by atoms with Gasteiger partial charge in [0.25, 0.3) is 0 Å². The number of nitrogens with zero attached hydrogens (tertiary/aromatic N) is 3. The largest absolute Gasteiger partial charge is 0.497 e. The van der Waals surface area contributed by atoms with Gasteiger partial charge in [0.2, 0.25) is 5.91 Å². The number of benzene rings is 2. The molecule has 7 nitrogen and oxygen atoms in total. The topological polar surface area (TPSA) is 65.1 Å². The second-order valence-electron chi connectivity index (χ2n) is 10.6. The number of halogens is 1. The van der Waals surface area contributed by atoms with Crippen molar-refractivity contribution in [1.29, 1.82) is 0 Å². The molecule has 39 heavy (non-hydrogen) atoms. The molecule has 1 saturated heterocycles. The number of piperidine rings is 1. The highest BCUT2D eigenvalue weighted by molar-refractivity contribution is 7.82. The lowest BCUT2D eigenvalue weighted by atomic mass is 10.0. The molecule has 9 heteroatoms. The van der Waals surface area contributed by atoms with Crippen LogP contribution in [0.3, 0.4) is 0 Å². The highest BCUT2D eigenvalue weighted by atomic mass is 35.5. The van der Waals surface area contributed by atoms with Crippen LogP contribution < -0.4 is 15.0 Å². The Balaban J connectivity index is 1.45. The second kappa shape index (κ2) is 15.0. The van der Waals surface area contributed by atoms with Crippen LogP contribution in [-0.4, -0.2) is 72.7 Å². The number of carbonyl (C=O) groups is 1. The molecule has 2 aromatic carbocycles. The lowest BCUT2D eigenvalue weighted by Gasteiger charge is -2.34. The molecule has 0 aromatic heterocycles. The van der Waals surface area contributed by atoms with Crippen molar-refractivity contribution >= 4 is 34.2 Å².